The van der Waals surface area contributed by atoms with Gasteiger partial charge in [0.2, 0.25) is 11.8 Å². The lowest BCUT2D eigenvalue weighted by Crippen LogP contribution is -2.53. The van der Waals surface area contributed by atoms with Crippen molar-refractivity contribution in [3.63, 3.8) is 0 Å². The molecule has 0 saturated heterocycles. The van der Waals surface area contributed by atoms with Crippen molar-refractivity contribution in [3.8, 4) is 0 Å². The van der Waals surface area contributed by atoms with Gasteiger partial charge in [0.25, 0.3) is 0 Å². The van der Waals surface area contributed by atoms with Crippen molar-refractivity contribution in [1.29, 1.82) is 0 Å². The van der Waals surface area contributed by atoms with Crippen LogP contribution in [-0.4, -0.2) is 35.6 Å². The summed E-state index contributed by atoms with van der Waals surface area (Å²) >= 11 is 0. The molecule has 0 saturated carbocycles. The van der Waals surface area contributed by atoms with E-state index in [1.54, 1.807) is 20.8 Å². The number of nitrogens with one attached hydrogen (secondary N) is 3. The van der Waals surface area contributed by atoms with Crippen LogP contribution < -0.4 is 16.0 Å². The largest absolute Gasteiger partial charge is 0.444 e. The second-order valence-corrected chi connectivity index (χ2v) is 8.63. The van der Waals surface area contributed by atoms with Crippen LogP contribution in [0.25, 0.3) is 0 Å². The maximum absolute atomic E-state index is 13.1. The van der Waals surface area contributed by atoms with Crippen LogP contribution in [0.15, 0.2) is 54.6 Å². The molecular formula is C24H29N3O4. The van der Waals surface area contributed by atoms with E-state index in [1.165, 1.54) is 0 Å². The van der Waals surface area contributed by atoms with E-state index in [0.29, 0.717) is 12.8 Å². The van der Waals surface area contributed by atoms with Gasteiger partial charge in [0.05, 0.1) is 0 Å². The van der Waals surface area contributed by atoms with Crippen molar-refractivity contribution in [2.24, 2.45) is 0 Å². The molecule has 0 unspecified atom stereocenters. The Morgan fingerprint density at radius 3 is 2.48 bits per heavy atom. The number of anilines is 1. The van der Waals surface area contributed by atoms with Crippen LogP contribution in [0.3, 0.4) is 0 Å². The Kier molecular flexibility index (Phi) is 6.95. The summed E-state index contributed by atoms with van der Waals surface area (Å²) < 4.78 is 5.32. The van der Waals surface area contributed by atoms with Gasteiger partial charge in [0, 0.05) is 12.1 Å². The van der Waals surface area contributed by atoms with E-state index < -0.39 is 29.7 Å². The Hall–Kier alpha value is -3.35. The van der Waals surface area contributed by atoms with E-state index >= 15 is 0 Å². The lowest BCUT2D eigenvalue weighted by atomic mass is 10.0. The van der Waals surface area contributed by atoms with Crippen LogP contribution in [-0.2, 0) is 27.2 Å². The van der Waals surface area contributed by atoms with Crippen LogP contribution in [0, 0.1) is 0 Å². The monoisotopic (exact) mass is 423 g/mol. The Labute approximate surface area is 182 Å². The normalized spacial score (nSPS) is 16.9. The second-order valence-electron chi connectivity index (χ2n) is 8.63. The van der Waals surface area contributed by atoms with Crippen molar-refractivity contribution >= 4 is 23.6 Å². The topological polar surface area (TPSA) is 96.5 Å². The minimum Gasteiger partial charge on any atom is -0.444 e. The van der Waals surface area contributed by atoms with E-state index in [1.807, 2.05) is 54.6 Å². The molecule has 0 bridgehead atoms. The van der Waals surface area contributed by atoms with E-state index in [0.717, 1.165) is 16.8 Å². The van der Waals surface area contributed by atoms with Gasteiger partial charge in [-0.15, -0.1) is 0 Å². The minimum absolute atomic E-state index is 0.269. The number of hydrogen-bond acceptors (Lipinski definition) is 4. The fourth-order valence-corrected chi connectivity index (χ4v) is 3.43. The number of alkyl carbamates (subject to hydrolysis) is 1. The van der Waals surface area contributed by atoms with Crippen molar-refractivity contribution in [2.45, 2.75) is 57.7 Å². The van der Waals surface area contributed by atoms with E-state index in [4.69, 9.17) is 4.74 Å². The Balaban J connectivity index is 1.71. The third-order valence-corrected chi connectivity index (χ3v) is 4.90. The molecule has 7 nitrogen and oxygen atoms in total. The highest BCUT2D eigenvalue weighted by Gasteiger charge is 2.30. The molecule has 2 aromatic rings. The zero-order valence-electron chi connectivity index (χ0n) is 18.1. The summed E-state index contributed by atoms with van der Waals surface area (Å²) in [5.41, 5.74) is 1.99. The quantitative estimate of drug-likeness (QED) is 0.688. The van der Waals surface area contributed by atoms with Crippen molar-refractivity contribution in [1.82, 2.24) is 10.6 Å². The molecule has 31 heavy (non-hydrogen) atoms. The molecule has 3 N–H and O–H groups in total. The minimum atomic E-state index is -0.879. The summed E-state index contributed by atoms with van der Waals surface area (Å²) in [5.74, 6) is -0.699. The van der Waals surface area contributed by atoms with Gasteiger partial charge in [0.1, 0.15) is 17.7 Å². The fraction of sp³-hybridized carbons (Fsp3) is 0.375. The van der Waals surface area contributed by atoms with E-state index in [9.17, 15) is 14.4 Å². The number of amides is 3. The summed E-state index contributed by atoms with van der Waals surface area (Å²) in [6.45, 7) is 5.27. The smallest absolute Gasteiger partial charge is 0.408 e. The summed E-state index contributed by atoms with van der Waals surface area (Å²) in [6.07, 6.45) is 0.726. The Morgan fingerprint density at radius 1 is 1.10 bits per heavy atom. The van der Waals surface area contributed by atoms with E-state index in [-0.39, 0.29) is 12.3 Å². The van der Waals surface area contributed by atoms with Crippen molar-refractivity contribution < 1.29 is 19.1 Å². The van der Waals surface area contributed by atoms with Crippen LogP contribution >= 0.6 is 0 Å². The number of hydrogen-bond donors (Lipinski definition) is 3. The Morgan fingerprint density at radius 2 is 1.77 bits per heavy atom. The number of aryl methyl sites for hydroxylation is 1. The molecule has 0 aromatic heterocycles. The van der Waals surface area contributed by atoms with E-state index in [2.05, 4.69) is 16.0 Å². The molecule has 3 amide bonds. The third-order valence-electron chi connectivity index (χ3n) is 4.90. The summed E-state index contributed by atoms with van der Waals surface area (Å²) in [5, 5.41) is 8.34. The van der Waals surface area contributed by atoms with Crippen LogP contribution in [0.2, 0.25) is 0 Å². The molecule has 0 radical (unpaired) electrons. The molecule has 0 fully saturated rings. The summed E-state index contributed by atoms with van der Waals surface area (Å²) in [4.78, 5) is 38.1. The zero-order chi connectivity index (χ0) is 22.4. The standard InChI is InChI=1S/C24H29N3O4/c1-24(2,3)31-23(30)27-20(15-16-9-5-4-6-10-16)22(29)26-19-14-13-17-11-7-8-12-18(17)25-21(19)28/h4-12,19-20H,13-15H2,1-3H3,(H,25,28)(H,26,29)(H,27,30)/t19-,20-/m1/s1. The second kappa shape index (κ2) is 9.64. The first-order chi connectivity index (χ1) is 14.7. The van der Waals surface area contributed by atoms with Crippen LogP contribution in [0.5, 0.6) is 0 Å². The molecule has 1 heterocycles. The first-order valence-electron chi connectivity index (χ1n) is 10.4. The van der Waals surface area contributed by atoms with Gasteiger partial charge < -0.3 is 20.7 Å². The molecular weight excluding hydrogens is 394 g/mol. The molecule has 0 aliphatic carbocycles. The molecule has 1 aliphatic rings. The molecule has 2 atom stereocenters. The molecule has 1 aliphatic heterocycles. The predicted octanol–water partition coefficient (Wildman–Crippen LogP) is 3.19. The fourth-order valence-electron chi connectivity index (χ4n) is 3.43. The van der Waals surface area contributed by atoms with Gasteiger partial charge in [0.15, 0.2) is 0 Å². The Bertz CT molecular complexity index is 937. The van der Waals surface area contributed by atoms with Gasteiger partial charge in [-0.05, 0) is 50.8 Å². The first-order valence-corrected chi connectivity index (χ1v) is 10.4. The number of carbonyl (C=O) groups is 3. The third kappa shape index (κ3) is 6.57. The van der Waals surface area contributed by atoms with Gasteiger partial charge in [-0.3, -0.25) is 9.59 Å². The number of ether oxygens (including phenoxy) is 1. The average Bonchev–Trinajstić information content (AvgIpc) is 2.85. The lowest BCUT2D eigenvalue weighted by Gasteiger charge is -2.25. The highest BCUT2D eigenvalue weighted by molar-refractivity contribution is 5.99. The predicted molar refractivity (Wildman–Crippen MR) is 119 cm³/mol. The maximum atomic E-state index is 13.1. The SMILES string of the molecule is CC(C)(C)OC(=O)N[C@H](Cc1ccccc1)C(=O)N[C@@H]1CCc2ccccc2NC1=O. The number of carbonyl (C=O) groups excluding carboxylic acids is 3. The van der Waals surface area contributed by atoms with Crippen LogP contribution in [0.4, 0.5) is 10.5 Å². The molecule has 0 spiro atoms. The van der Waals surface area contributed by atoms with Gasteiger partial charge >= 0.3 is 6.09 Å². The molecule has 7 heteroatoms. The average molecular weight is 424 g/mol. The number of para-hydroxylation sites is 1. The van der Waals surface area contributed by atoms with Crippen LogP contribution in [0.1, 0.15) is 38.3 Å². The maximum Gasteiger partial charge on any atom is 0.408 e. The molecule has 3 rings (SSSR count). The number of rotatable bonds is 5. The van der Waals surface area contributed by atoms with Crippen molar-refractivity contribution in [3.05, 3.63) is 65.7 Å². The number of benzene rings is 2. The highest BCUT2D eigenvalue weighted by atomic mass is 16.6. The summed E-state index contributed by atoms with van der Waals surface area (Å²) in [7, 11) is 0. The molecule has 2 aromatic carbocycles. The highest BCUT2D eigenvalue weighted by Crippen LogP contribution is 2.21. The number of fused-ring (bicyclic) bond motifs is 1. The summed E-state index contributed by atoms with van der Waals surface area (Å²) in [6, 6.07) is 15.4. The van der Waals surface area contributed by atoms with Gasteiger partial charge in [-0.25, -0.2) is 4.79 Å². The van der Waals surface area contributed by atoms with Gasteiger partial charge in [-0.2, -0.15) is 0 Å². The van der Waals surface area contributed by atoms with Crippen molar-refractivity contribution in [2.75, 3.05) is 5.32 Å². The zero-order valence-corrected chi connectivity index (χ0v) is 18.1. The first kappa shape index (κ1) is 22.3. The van der Waals surface area contributed by atoms with Gasteiger partial charge in [-0.1, -0.05) is 48.5 Å². The lowest BCUT2D eigenvalue weighted by molar-refractivity contribution is -0.128. The molecule has 164 valence electrons.